The first-order valence-electron chi connectivity index (χ1n) is 22.4. The molecule has 8 amide bonds. The van der Waals surface area contributed by atoms with Gasteiger partial charge in [-0.3, -0.25) is 38.4 Å². The Labute approximate surface area is 400 Å². The highest BCUT2D eigenvalue weighted by molar-refractivity contribution is 6.04. The summed E-state index contributed by atoms with van der Waals surface area (Å²) >= 11 is 0. The molecule has 0 spiro atoms. The van der Waals surface area contributed by atoms with Crippen LogP contribution in [0.25, 0.3) is 0 Å². The summed E-state index contributed by atoms with van der Waals surface area (Å²) in [5.41, 5.74) is 6.91. The van der Waals surface area contributed by atoms with Crippen LogP contribution < -0.4 is 53.6 Å². The molecule has 12 N–H and O–H groups in total. The fourth-order valence-corrected chi connectivity index (χ4v) is 7.04. The van der Waals surface area contributed by atoms with Gasteiger partial charge in [-0.15, -0.1) is 0 Å². The van der Waals surface area contributed by atoms with E-state index in [1.54, 1.807) is 45.5 Å². The molecule has 0 saturated heterocycles. The number of rotatable bonds is 25. The molecule has 0 radical (unpaired) electrons. The van der Waals surface area contributed by atoms with Crippen LogP contribution in [0.2, 0.25) is 0 Å². The van der Waals surface area contributed by atoms with Gasteiger partial charge >= 0.3 is 0 Å². The van der Waals surface area contributed by atoms with Gasteiger partial charge in [0, 0.05) is 110 Å². The van der Waals surface area contributed by atoms with Gasteiger partial charge in [-0.2, -0.15) is 0 Å². The van der Waals surface area contributed by atoms with Crippen molar-refractivity contribution in [1.82, 2.24) is 75.5 Å². The summed E-state index contributed by atoms with van der Waals surface area (Å²) in [5, 5.41) is 24.5. The van der Waals surface area contributed by atoms with Crippen molar-refractivity contribution >= 4 is 64.7 Å². The molecule has 0 aliphatic heterocycles. The molecule has 5 heterocycles. The average molecular weight is 968 g/mol. The van der Waals surface area contributed by atoms with Crippen molar-refractivity contribution in [3.63, 3.8) is 0 Å². The van der Waals surface area contributed by atoms with Crippen LogP contribution in [0.1, 0.15) is 79.9 Å². The lowest BCUT2D eigenvalue weighted by Crippen LogP contribution is -2.49. The molecule has 3 atom stereocenters. The fourth-order valence-electron chi connectivity index (χ4n) is 7.04. The van der Waals surface area contributed by atoms with Gasteiger partial charge in [0.1, 0.15) is 11.7 Å². The summed E-state index contributed by atoms with van der Waals surface area (Å²) in [6.45, 7) is 3.55. The van der Waals surface area contributed by atoms with Crippen LogP contribution in [-0.2, 0) is 53.3 Å². The second kappa shape index (κ2) is 24.1. The lowest BCUT2D eigenvalue weighted by atomic mass is 10.1. The van der Waals surface area contributed by atoms with Crippen LogP contribution >= 0.6 is 0 Å². The molecular weight excluding hydrogens is 911 g/mol. The lowest BCUT2D eigenvalue weighted by Gasteiger charge is -2.18. The Morgan fingerprint density at radius 1 is 0.700 bits per heavy atom. The number of H-pyrrole nitrogens is 1. The molecule has 1 saturated carbocycles. The standard InChI is InChI=1S/C43H57N19O8/c1-5-7-33(63)54-30-20-61(3)35(55-30)42(69)59-32-22-62(4)36(57-32)43(70)58-31-21-60(2)34(56-31)41(68)50-15-13-48-38(65)27-17-26(27)37(64)47-12-14-49-39(66)29(16-25-19-46-23-51-25)53-40(67)28-9-6-8-24(52-28)18-45-11-10-44/h6,8-9,19-23,26-27,29,45H,5,7,10-18,44H2,1-4H3,(H,46,51)(H,47,64)(H,48,65)(H,49,66)(H,50,68)(H,53,67)(H,54,63)(H,58,70)(H,59,69)/t26-,27-,29-/m0/s1. The molecule has 1 aliphatic rings. The van der Waals surface area contributed by atoms with Gasteiger partial charge in [-0.25, -0.2) is 24.9 Å². The molecule has 27 heteroatoms. The number of amides is 8. The highest BCUT2D eigenvalue weighted by Gasteiger charge is 2.47. The highest BCUT2D eigenvalue weighted by Crippen LogP contribution is 2.38. The molecular formula is C43H57N19O8. The number of pyridine rings is 1. The van der Waals surface area contributed by atoms with E-state index in [0.29, 0.717) is 50.3 Å². The number of hydrogen-bond acceptors (Lipinski definition) is 15. The van der Waals surface area contributed by atoms with Crippen molar-refractivity contribution in [2.24, 2.45) is 38.7 Å². The van der Waals surface area contributed by atoms with E-state index in [1.165, 1.54) is 38.6 Å². The zero-order chi connectivity index (χ0) is 50.3. The van der Waals surface area contributed by atoms with Crippen molar-refractivity contribution < 1.29 is 38.4 Å². The van der Waals surface area contributed by atoms with Gasteiger partial charge < -0.3 is 72.3 Å². The number of aryl methyl sites for hydroxylation is 3. The Hall–Kier alpha value is -8.33. The van der Waals surface area contributed by atoms with E-state index in [4.69, 9.17) is 5.73 Å². The van der Waals surface area contributed by atoms with Crippen LogP contribution in [0, 0.1) is 11.8 Å². The number of carbonyl (C=O) groups excluding carboxylic acids is 8. The van der Waals surface area contributed by atoms with Crippen LogP contribution in [0.5, 0.6) is 0 Å². The van der Waals surface area contributed by atoms with Crippen LogP contribution in [0.3, 0.4) is 0 Å². The maximum atomic E-state index is 13.2. The van der Waals surface area contributed by atoms with Crippen molar-refractivity contribution in [2.75, 3.05) is 55.2 Å². The number of nitrogens with zero attached hydrogens (tertiary/aromatic N) is 8. The topological polar surface area (TPSA) is 366 Å². The predicted octanol–water partition coefficient (Wildman–Crippen LogP) is -1.95. The Kier molecular flexibility index (Phi) is 17.6. The number of anilines is 3. The Bertz CT molecular complexity index is 2690. The number of nitrogens with two attached hydrogens (primary N) is 1. The molecule has 6 rings (SSSR count). The summed E-state index contributed by atoms with van der Waals surface area (Å²) in [4.78, 5) is 127. The Morgan fingerprint density at radius 2 is 1.26 bits per heavy atom. The molecule has 372 valence electrons. The van der Waals surface area contributed by atoms with Gasteiger partial charge in [0.05, 0.1) is 23.9 Å². The first-order chi connectivity index (χ1) is 33.6. The van der Waals surface area contributed by atoms with E-state index in [-0.39, 0.29) is 90.9 Å². The maximum absolute atomic E-state index is 13.2. The molecule has 0 bridgehead atoms. The van der Waals surface area contributed by atoms with Crippen molar-refractivity contribution in [3.8, 4) is 0 Å². The number of aromatic nitrogens is 9. The molecule has 0 aromatic carbocycles. The van der Waals surface area contributed by atoms with E-state index < -0.39 is 47.4 Å². The maximum Gasteiger partial charge on any atom is 0.292 e. The van der Waals surface area contributed by atoms with Crippen LogP contribution in [-0.4, -0.2) is 136 Å². The SMILES string of the molecule is CCCC(=O)Nc1cn(C)c(C(=O)Nc2cn(C)c(C(=O)Nc3cn(C)c(C(=O)NCCNC(=O)[C@H]4C[C@@H]4C(=O)NCCNC(=O)[C@H](Cc4cnc[nH]4)NC(=O)c4cccc(CNCCN)n4)n3)n2)n1. The van der Waals surface area contributed by atoms with Gasteiger partial charge in [-0.1, -0.05) is 13.0 Å². The average Bonchev–Trinajstić information content (AvgIpc) is 3.59. The van der Waals surface area contributed by atoms with E-state index in [1.807, 2.05) is 6.92 Å². The van der Waals surface area contributed by atoms with Gasteiger partial charge in [0.25, 0.3) is 23.6 Å². The van der Waals surface area contributed by atoms with Crippen LogP contribution in [0.4, 0.5) is 17.5 Å². The number of hydrogen-bond donors (Lipinski definition) is 11. The number of carbonyl (C=O) groups is 8. The number of aromatic amines is 1. The predicted molar refractivity (Wildman–Crippen MR) is 251 cm³/mol. The third-order valence-corrected chi connectivity index (χ3v) is 10.6. The van der Waals surface area contributed by atoms with Gasteiger partial charge in [-0.05, 0) is 25.0 Å². The molecule has 1 fully saturated rings. The van der Waals surface area contributed by atoms with Crippen molar-refractivity contribution in [1.29, 1.82) is 0 Å². The second-order valence-corrected chi connectivity index (χ2v) is 16.3. The fraction of sp³-hybridized carbons (Fsp3) is 0.419. The molecule has 5 aromatic heterocycles. The second-order valence-electron chi connectivity index (χ2n) is 16.3. The minimum atomic E-state index is -0.986. The smallest absolute Gasteiger partial charge is 0.292 e. The highest BCUT2D eigenvalue weighted by atomic mass is 16.2. The zero-order valence-electron chi connectivity index (χ0n) is 39.1. The summed E-state index contributed by atoms with van der Waals surface area (Å²) in [6.07, 6.45) is 8.77. The summed E-state index contributed by atoms with van der Waals surface area (Å²) in [5.74, 6) is -4.75. The van der Waals surface area contributed by atoms with Crippen molar-refractivity contribution in [3.05, 3.63) is 83.9 Å². The van der Waals surface area contributed by atoms with E-state index in [0.717, 1.165) is 0 Å². The molecule has 27 nitrogen and oxygen atoms in total. The molecule has 0 unspecified atom stereocenters. The largest absolute Gasteiger partial charge is 0.354 e. The number of nitrogens with one attached hydrogen (secondary N) is 10. The van der Waals surface area contributed by atoms with E-state index in [2.05, 4.69) is 77.8 Å². The Balaban J connectivity index is 0.884. The first-order valence-corrected chi connectivity index (χ1v) is 22.4. The summed E-state index contributed by atoms with van der Waals surface area (Å²) in [7, 11) is 4.70. The van der Waals surface area contributed by atoms with Gasteiger partial charge in [0.2, 0.25) is 41.1 Å². The van der Waals surface area contributed by atoms with Crippen molar-refractivity contribution in [2.45, 2.75) is 45.2 Å². The molecule has 70 heavy (non-hydrogen) atoms. The Morgan fingerprint density at radius 3 is 1.81 bits per heavy atom. The first kappa shape index (κ1) is 51.1. The number of imidazole rings is 4. The minimum Gasteiger partial charge on any atom is -0.354 e. The molecule has 5 aromatic rings. The zero-order valence-corrected chi connectivity index (χ0v) is 39.1. The minimum absolute atomic E-state index is 0.00300. The monoisotopic (exact) mass is 967 g/mol. The summed E-state index contributed by atoms with van der Waals surface area (Å²) < 4.78 is 4.23. The van der Waals surface area contributed by atoms with Gasteiger partial charge in [0.15, 0.2) is 17.5 Å². The normalized spacial score (nSPS) is 14.2. The lowest BCUT2D eigenvalue weighted by molar-refractivity contribution is -0.127. The molecule has 1 aliphatic carbocycles. The van der Waals surface area contributed by atoms with Crippen LogP contribution in [0.15, 0.2) is 49.3 Å². The quantitative estimate of drug-likeness (QED) is 0.0283. The summed E-state index contributed by atoms with van der Waals surface area (Å²) in [6, 6.07) is 4.03. The third kappa shape index (κ3) is 14.1. The van der Waals surface area contributed by atoms with E-state index in [9.17, 15) is 38.4 Å². The third-order valence-electron chi connectivity index (χ3n) is 10.6. The van der Waals surface area contributed by atoms with E-state index >= 15 is 0 Å².